The van der Waals surface area contributed by atoms with Crippen molar-refractivity contribution in [2.45, 2.75) is 63.0 Å². The molecule has 5 aliphatic rings. The van der Waals surface area contributed by atoms with Gasteiger partial charge in [0.05, 0.1) is 7.11 Å². The summed E-state index contributed by atoms with van der Waals surface area (Å²) in [7, 11) is 1.70. The third-order valence-electron chi connectivity index (χ3n) is 8.46. The second-order valence-corrected chi connectivity index (χ2v) is 9.66. The number of rotatable bonds is 3. The van der Waals surface area contributed by atoms with E-state index in [1.165, 1.54) is 36.9 Å². The quantitative estimate of drug-likeness (QED) is 0.821. The van der Waals surface area contributed by atoms with Crippen molar-refractivity contribution in [1.82, 2.24) is 4.90 Å². The zero-order chi connectivity index (χ0) is 18.3. The number of ketones is 1. The molecule has 4 heteroatoms. The van der Waals surface area contributed by atoms with E-state index in [0.29, 0.717) is 30.1 Å². The van der Waals surface area contributed by atoms with Crippen LogP contribution in [0, 0.1) is 17.8 Å². The summed E-state index contributed by atoms with van der Waals surface area (Å²) in [4.78, 5) is 15.9. The molecule has 6 rings (SSSR count). The number of likely N-dealkylation sites (tertiary alicyclic amines) is 1. The standard InChI is InChI=1S/C23H29NO3/c1-13-10-17(25)22-23-8-9-24(12-14-4-3-5-14)16(19(13)23)11-15-6-7-18(26-2)21(27-22)20(15)23/h6-7,13-14,16,19,22H,3-5,8-12H2,1-2H3/t13?,16-,19+,22?,23+/m1/s1. The highest BCUT2D eigenvalue weighted by Crippen LogP contribution is 2.64. The van der Waals surface area contributed by atoms with Gasteiger partial charge >= 0.3 is 0 Å². The first kappa shape index (κ1) is 16.4. The summed E-state index contributed by atoms with van der Waals surface area (Å²) in [5.74, 6) is 3.82. The fourth-order valence-corrected chi connectivity index (χ4v) is 7.25. The van der Waals surface area contributed by atoms with E-state index < -0.39 is 0 Å². The average Bonchev–Trinajstić information content (AvgIpc) is 2.96. The molecule has 0 aromatic heterocycles. The van der Waals surface area contributed by atoms with E-state index >= 15 is 0 Å². The molecule has 1 aromatic carbocycles. The fourth-order valence-electron chi connectivity index (χ4n) is 7.25. The first-order chi connectivity index (χ1) is 13.1. The average molecular weight is 367 g/mol. The molecule has 1 spiro atoms. The molecular formula is C23H29NO3. The molecule has 2 aliphatic heterocycles. The lowest BCUT2D eigenvalue weighted by atomic mass is 9.49. The molecule has 2 bridgehead atoms. The van der Waals surface area contributed by atoms with E-state index in [1.807, 2.05) is 6.07 Å². The minimum Gasteiger partial charge on any atom is -0.493 e. The predicted octanol–water partition coefficient (Wildman–Crippen LogP) is 3.35. The summed E-state index contributed by atoms with van der Waals surface area (Å²) in [6.45, 7) is 4.67. The van der Waals surface area contributed by atoms with Crippen molar-refractivity contribution >= 4 is 5.78 Å². The zero-order valence-electron chi connectivity index (χ0n) is 16.4. The Morgan fingerprint density at radius 1 is 1.30 bits per heavy atom. The van der Waals surface area contributed by atoms with Crippen LogP contribution >= 0.6 is 0 Å². The topological polar surface area (TPSA) is 38.8 Å². The molecular weight excluding hydrogens is 338 g/mol. The van der Waals surface area contributed by atoms with Gasteiger partial charge in [-0.2, -0.15) is 0 Å². The van der Waals surface area contributed by atoms with Crippen LogP contribution in [0.4, 0.5) is 0 Å². The summed E-state index contributed by atoms with van der Waals surface area (Å²) in [6, 6.07) is 4.84. The Kier molecular flexibility index (Phi) is 3.34. The Morgan fingerprint density at radius 2 is 2.15 bits per heavy atom. The number of nitrogens with zero attached hydrogens (tertiary/aromatic N) is 1. The number of carbonyl (C=O) groups excluding carboxylic acids is 1. The van der Waals surface area contributed by atoms with E-state index in [2.05, 4.69) is 17.9 Å². The van der Waals surface area contributed by atoms with Crippen LogP contribution in [-0.2, 0) is 16.6 Å². The van der Waals surface area contributed by atoms with Crippen molar-refractivity contribution in [1.29, 1.82) is 0 Å². The maximum absolute atomic E-state index is 13.1. The Balaban J connectivity index is 1.51. The molecule has 0 amide bonds. The minimum atomic E-state index is -0.294. The number of hydrogen-bond donors (Lipinski definition) is 0. The first-order valence-electron chi connectivity index (χ1n) is 10.8. The Hall–Kier alpha value is -1.55. The highest BCUT2D eigenvalue weighted by molar-refractivity contribution is 5.89. The molecule has 5 atom stereocenters. The first-order valence-corrected chi connectivity index (χ1v) is 10.8. The van der Waals surface area contributed by atoms with Gasteiger partial charge in [0.2, 0.25) is 0 Å². The molecule has 0 N–H and O–H groups in total. The number of Topliss-reactive ketones (excluding diaryl/α,β-unsaturated/α-hetero) is 1. The molecule has 3 fully saturated rings. The smallest absolute Gasteiger partial charge is 0.174 e. The van der Waals surface area contributed by atoms with Crippen LogP contribution in [0.15, 0.2) is 12.1 Å². The fraction of sp³-hybridized carbons (Fsp3) is 0.696. The number of carbonyl (C=O) groups is 1. The van der Waals surface area contributed by atoms with Gasteiger partial charge < -0.3 is 9.47 Å². The van der Waals surface area contributed by atoms with Gasteiger partial charge in [-0.05, 0) is 61.6 Å². The van der Waals surface area contributed by atoms with E-state index in [1.54, 1.807) is 7.11 Å². The van der Waals surface area contributed by atoms with Crippen molar-refractivity contribution in [2.24, 2.45) is 17.8 Å². The van der Waals surface area contributed by atoms with E-state index in [4.69, 9.17) is 9.47 Å². The van der Waals surface area contributed by atoms with E-state index in [0.717, 1.165) is 36.8 Å². The van der Waals surface area contributed by atoms with Gasteiger partial charge in [-0.3, -0.25) is 9.69 Å². The summed E-state index contributed by atoms with van der Waals surface area (Å²) in [6.07, 6.45) is 6.72. The molecule has 1 aromatic rings. The molecule has 3 aliphatic carbocycles. The predicted molar refractivity (Wildman–Crippen MR) is 102 cm³/mol. The van der Waals surface area contributed by atoms with Crippen LogP contribution in [0.2, 0.25) is 0 Å². The van der Waals surface area contributed by atoms with Crippen molar-refractivity contribution in [3.8, 4) is 11.5 Å². The van der Waals surface area contributed by atoms with Crippen molar-refractivity contribution < 1.29 is 14.3 Å². The monoisotopic (exact) mass is 367 g/mol. The van der Waals surface area contributed by atoms with Crippen LogP contribution in [0.1, 0.15) is 50.2 Å². The number of piperidine rings is 1. The molecule has 2 heterocycles. The zero-order valence-corrected chi connectivity index (χ0v) is 16.4. The largest absolute Gasteiger partial charge is 0.493 e. The van der Waals surface area contributed by atoms with Gasteiger partial charge in [0.25, 0.3) is 0 Å². The van der Waals surface area contributed by atoms with Crippen LogP contribution < -0.4 is 9.47 Å². The third kappa shape index (κ3) is 1.95. The van der Waals surface area contributed by atoms with Gasteiger partial charge in [-0.15, -0.1) is 0 Å². The van der Waals surface area contributed by atoms with Gasteiger partial charge in [-0.25, -0.2) is 0 Å². The van der Waals surface area contributed by atoms with Gasteiger partial charge in [-0.1, -0.05) is 19.4 Å². The Bertz CT molecular complexity index is 816. The summed E-state index contributed by atoms with van der Waals surface area (Å²) >= 11 is 0. The van der Waals surface area contributed by atoms with Gasteiger partial charge in [0, 0.05) is 30.0 Å². The molecule has 144 valence electrons. The number of benzene rings is 1. The van der Waals surface area contributed by atoms with E-state index in [9.17, 15) is 4.79 Å². The molecule has 2 saturated carbocycles. The summed E-state index contributed by atoms with van der Waals surface area (Å²) in [5.41, 5.74) is 2.61. The second-order valence-electron chi connectivity index (χ2n) is 9.66. The number of hydrogen-bond acceptors (Lipinski definition) is 4. The lowest BCUT2D eigenvalue weighted by Crippen LogP contribution is -2.68. The minimum absolute atomic E-state index is 0.118. The van der Waals surface area contributed by atoms with Crippen molar-refractivity contribution in [2.75, 3.05) is 20.2 Å². The second kappa shape index (κ2) is 5.50. The lowest BCUT2D eigenvalue weighted by Gasteiger charge is -2.60. The van der Waals surface area contributed by atoms with E-state index in [-0.39, 0.29) is 11.5 Å². The summed E-state index contributed by atoms with van der Waals surface area (Å²) in [5, 5.41) is 0. The molecule has 0 radical (unpaired) electrons. The van der Waals surface area contributed by atoms with Gasteiger partial charge in [0.1, 0.15) is 0 Å². The van der Waals surface area contributed by atoms with Crippen molar-refractivity contribution in [3.05, 3.63) is 23.3 Å². The SMILES string of the molecule is COc1ccc2c3c1OC1C(=O)CC(C)[C@H]4[C@@H](C2)N(CC2CCC2)CC[C@]314. The summed E-state index contributed by atoms with van der Waals surface area (Å²) < 4.78 is 12.0. The van der Waals surface area contributed by atoms with Crippen LogP contribution in [0.25, 0.3) is 0 Å². The highest BCUT2D eigenvalue weighted by Gasteiger charge is 2.67. The Labute approximate surface area is 161 Å². The maximum Gasteiger partial charge on any atom is 0.174 e. The maximum atomic E-state index is 13.1. The Morgan fingerprint density at radius 3 is 2.89 bits per heavy atom. The normalized spacial score (nSPS) is 39.6. The number of ether oxygens (including phenoxy) is 2. The van der Waals surface area contributed by atoms with Crippen molar-refractivity contribution in [3.63, 3.8) is 0 Å². The highest BCUT2D eigenvalue weighted by atomic mass is 16.5. The van der Waals surface area contributed by atoms with Crippen LogP contribution in [-0.4, -0.2) is 43.0 Å². The molecule has 27 heavy (non-hydrogen) atoms. The van der Waals surface area contributed by atoms with Crippen LogP contribution in [0.3, 0.4) is 0 Å². The van der Waals surface area contributed by atoms with Gasteiger partial charge in [0.15, 0.2) is 23.4 Å². The number of methoxy groups -OCH3 is 1. The molecule has 2 unspecified atom stereocenters. The van der Waals surface area contributed by atoms with Crippen LogP contribution in [0.5, 0.6) is 11.5 Å². The molecule has 4 nitrogen and oxygen atoms in total. The third-order valence-corrected chi connectivity index (χ3v) is 8.46. The molecule has 1 saturated heterocycles. The lowest BCUT2D eigenvalue weighted by molar-refractivity contribution is -0.144.